The van der Waals surface area contributed by atoms with Gasteiger partial charge in [-0.2, -0.15) is 0 Å². The Morgan fingerprint density at radius 1 is 1.47 bits per heavy atom. The summed E-state index contributed by atoms with van der Waals surface area (Å²) in [5, 5.41) is 0. The quantitative estimate of drug-likeness (QED) is 0.364. The van der Waals surface area contributed by atoms with Crippen molar-refractivity contribution in [1.82, 2.24) is 0 Å². The topological polar surface area (TPSA) is 26.3 Å². The van der Waals surface area contributed by atoms with Gasteiger partial charge in [-0.3, -0.25) is 0 Å². The molecule has 0 atom stereocenters. The van der Waals surface area contributed by atoms with Gasteiger partial charge in [0, 0.05) is 0 Å². The van der Waals surface area contributed by atoms with E-state index in [0.29, 0.717) is 12.2 Å². The fourth-order valence-electron chi connectivity index (χ4n) is 1.24. The van der Waals surface area contributed by atoms with Crippen molar-refractivity contribution < 1.29 is 9.53 Å². The van der Waals surface area contributed by atoms with Gasteiger partial charge in [0.1, 0.15) is 5.75 Å². The van der Waals surface area contributed by atoms with Gasteiger partial charge in [-0.15, -0.1) is 6.58 Å². The van der Waals surface area contributed by atoms with Crippen LogP contribution in [0.1, 0.15) is 11.1 Å². The highest BCUT2D eigenvalue weighted by Gasteiger charge is 2.33. The highest BCUT2D eigenvalue weighted by molar-refractivity contribution is 6.75. The van der Waals surface area contributed by atoms with Crippen LogP contribution in [0.15, 0.2) is 30.9 Å². The van der Waals surface area contributed by atoms with Crippen molar-refractivity contribution in [2.45, 2.75) is 17.1 Å². The molecule has 0 amide bonds. The summed E-state index contributed by atoms with van der Waals surface area (Å²) >= 11 is 16.3. The molecule has 0 bridgehead atoms. The maximum atomic E-state index is 11.5. The maximum absolute atomic E-state index is 11.5. The number of rotatable bonds is 3. The molecule has 5 heteroatoms. The second kappa shape index (κ2) is 5.76. The molecule has 1 aromatic rings. The van der Waals surface area contributed by atoms with Crippen LogP contribution in [0.2, 0.25) is 0 Å². The van der Waals surface area contributed by atoms with E-state index in [2.05, 4.69) is 6.58 Å². The lowest BCUT2D eigenvalue weighted by molar-refractivity contribution is -0.133. The second-order valence-corrected chi connectivity index (χ2v) is 5.77. The van der Waals surface area contributed by atoms with Gasteiger partial charge in [-0.25, -0.2) is 4.79 Å². The summed E-state index contributed by atoms with van der Waals surface area (Å²) in [6, 6.07) is 5.47. The van der Waals surface area contributed by atoms with Crippen molar-refractivity contribution in [2.75, 3.05) is 0 Å². The number of aryl methyl sites for hydroxylation is 1. The Balaban J connectivity index is 3.00. The third-order valence-electron chi connectivity index (χ3n) is 2.02. The molecule has 17 heavy (non-hydrogen) atoms. The summed E-state index contributed by atoms with van der Waals surface area (Å²) in [5.41, 5.74) is 1.76. The molecule has 1 aromatic carbocycles. The molecule has 2 nitrogen and oxygen atoms in total. The molecular weight excluding hydrogens is 282 g/mol. The Morgan fingerprint density at radius 2 is 2.12 bits per heavy atom. The molecule has 0 aliphatic carbocycles. The Morgan fingerprint density at radius 3 is 2.65 bits per heavy atom. The summed E-state index contributed by atoms with van der Waals surface area (Å²) in [4.78, 5) is 11.5. The number of esters is 1. The van der Waals surface area contributed by atoms with Crippen LogP contribution < -0.4 is 4.74 Å². The van der Waals surface area contributed by atoms with Gasteiger partial charge in [-0.05, 0) is 30.5 Å². The summed E-state index contributed by atoms with van der Waals surface area (Å²) in [6.07, 6.45) is 2.28. The number of hydrogen-bond acceptors (Lipinski definition) is 2. The SMILES string of the molecule is C=CCc1ccc(C)cc1OC(=O)C(Cl)(Cl)Cl. The normalized spacial score (nSPS) is 11.1. The predicted molar refractivity (Wildman–Crippen MR) is 71.0 cm³/mol. The van der Waals surface area contributed by atoms with Crippen molar-refractivity contribution in [1.29, 1.82) is 0 Å². The minimum Gasteiger partial charge on any atom is -0.423 e. The average molecular weight is 294 g/mol. The van der Waals surface area contributed by atoms with E-state index in [1.165, 1.54) is 0 Å². The Labute approximate surface area is 115 Å². The predicted octanol–water partition coefficient (Wildman–Crippen LogP) is 4.00. The molecule has 0 aliphatic rings. The second-order valence-electron chi connectivity index (χ2n) is 3.49. The van der Waals surface area contributed by atoms with Crippen LogP contribution in [-0.4, -0.2) is 9.76 Å². The van der Waals surface area contributed by atoms with Gasteiger partial charge >= 0.3 is 5.97 Å². The number of hydrogen-bond donors (Lipinski definition) is 0. The summed E-state index contributed by atoms with van der Waals surface area (Å²) < 4.78 is 2.99. The first-order chi connectivity index (χ1) is 7.84. The van der Waals surface area contributed by atoms with E-state index >= 15 is 0 Å². The molecular formula is C12H11Cl3O2. The van der Waals surface area contributed by atoms with Crippen molar-refractivity contribution >= 4 is 40.8 Å². The number of carbonyl (C=O) groups excluding carboxylic acids is 1. The minimum atomic E-state index is -2.07. The summed E-state index contributed by atoms with van der Waals surface area (Å²) in [7, 11) is 0. The van der Waals surface area contributed by atoms with Crippen LogP contribution in [0.4, 0.5) is 0 Å². The molecule has 0 fully saturated rings. The van der Waals surface area contributed by atoms with Crippen LogP contribution in [0.3, 0.4) is 0 Å². The molecule has 0 saturated heterocycles. The van der Waals surface area contributed by atoms with E-state index in [0.717, 1.165) is 11.1 Å². The zero-order valence-corrected chi connectivity index (χ0v) is 11.4. The number of alkyl halides is 3. The van der Waals surface area contributed by atoms with Crippen molar-refractivity contribution in [3.8, 4) is 5.75 Å². The van der Waals surface area contributed by atoms with Gasteiger partial charge in [0.25, 0.3) is 3.79 Å². The number of halogens is 3. The van der Waals surface area contributed by atoms with Gasteiger partial charge in [-0.1, -0.05) is 53.0 Å². The summed E-state index contributed by atoms with van der Waals surface area (Å²) in [6.45, 7) is 5.51. The van der Waals surface area contributed by atoms with Crippen LogP contribution in [0, 0.1) is 6.92 Å². The monoisotopic (exact) mass is 292 g/mol. The lowest BCUT2D eigenvalue weighted by Gasteiger charge is -2.13. The fraction of sp³-hybridized carbons (Fsp3) is 0.250. The van der Waals surface area contributed by atoms with E-state index in [1.54, 1.807) is 12.1 Å². The third-order valence-corrected chi connectivity index (χ3v) is 2.48. The van der Waals surface area contributed by atoms with Gasteiger partial charge < -0.3 is 4.74 Å². The van der Waals surface area contributed by atoms with E-state index in [-0.39, 0.29) is 0 Å². The Bertz CT molecular complexity index is 436. The fourth-order valence-corrected chi connectivity index (χ4v) is 1.35. The van der Waals surface area contributed by atoms with Crippen molar-refractivity contribution in [2.24, 2.45) is 0 Å². The largest absolute Gasteiger partial charge is 0.423 e. The standard InChI is InChI=1S/C12H11Cl3O2/c1-3-4-9-6-5-8(2)7-10(9)17-11(16)12(13,14)15/h3,5-7H,1,4H2,2H3. The highest BCUT2D eigenvalue weighted by Crippen LogP contribution is 2.30. The molecule has 0 unspecified atom stereocenters. The lowest BCUT2D eigenvalue weighted by Crippen LogP contribution is -2.25. The van der Waals surface area contributed by atoms with Crippen LogP contribution in [-0.2, 0) is 11.2 Å². The van der Waals surface area contributed by atoms with Gasteiger partial charge in [0.2, 0.25) is 0 Å². The van der Waals surface area contributed by atoms with E-state index < -0.39 is 9.76 Å². The van der Waals surface area contributed by atoms with Crippen molar-refractivity contribution in [3.63, 3.8) is 0 Å². The first-order valence-electron chi connectivity index (χ1n) is 4.84. The molecule has 0 aromatic heterocycles. The number of benzene rings is 1. The molecule has 0 radical (unpaired) electrons. The molecule has 0 spiro atoms. The molecule has 1 rings (SSSR count). The smallest absolute Gasteiger partial charge is 0.363 e. The van der Waals surface area contributed by atoms with Crippen LogP contribution in [0.25, 0.3) is 0 Å². The van der Waals surface area contributed by atoms with Gasteiger partial charge in [0.05, 0.1) is 0 Å². The summed E-state index contributed by atoms with van der Waals surface area (Å²) in [5.74, 6) is -0.528. The maximum Gasteiger partial charge on any atom is 0.363 e. The molecule has 0 heterocycles. The first kappa shape index (κ1) is 14.4. The number of allylic oxidation sites excluding steroid dienone is 1. The van der Waals surface area contributed by atoms with Crippen LogP contribution >= 0.6 is 34.8 Å². The Kier molecular flexibility index (Phi) is 4.87. The Hall–Kier alpha value is -0.700. The average Bonchev–Trinajstić information content (AvgIpc) is 2.21. The lowest BCUT2D eigenvalue weighted by atomic mass is 10.1. The molecule has 0 aliphatic heterocycles. The van der Waals surface area contributed by atoms with E-state index in [4.69, 9.17) is 39.5 Å². The van der Waals surface area contributed by atoms with Crippen LogP contribution in [0.5, 0.6) is 5.75 Å². The highest BCUT2D eigenvalue weighted by atomic mass is 35.6. The zero-order chi connectivity index (χ0) is 13.1. The minimum absolute atomic E-state index is 0.390. The number of carbonyl (C=O) groups is 1. The van der Waals surface area contributed by atoms with E-state index in [1.807, 2.05) is 19.1 Å². The van der Waals surface area contributed by atoms with E-state index in [9.17, 15) is 4.79 Å². The molecule has 0 saturated carbocycles. The van der Waals surface area contributed by atoms with Crippen molar-refractivity contribution in [3.05, 3.63) is 42.0 Å². The molecule has 92 valence electrons. The van der Waals surface area contributed by atoms with Gasteiger partial charge in [0.15, 0.2) is 0 Å². The molecule has 0 N–H and O–H groups in total. The first-order valence-corrected chi connectivity index (χ1v) is 5.97. The third kappa shape index (κ3) is 4.23. The zero-order valence-electron chi connectivity index (χ0n) is 9.17. The number of ether oxygens (including phenoxy) is 1.